The molecule has 0 saturated carbocycles. The fourth-order valence-electron chi connectivity index (χ4n) is 1.69. The second kappa shape index (κ2) is 7.41. The van der Waals surface area contributed by atoms with Gasteiger partial charge in [0.15, 0.2) is 0 Å². The number of carbonyl (C=O) groups excluding carboxylic acids is 1. The third kappa shape index (κ3) is 4.59. The summed E-state index contributed by atoms with van der Waals surface area (Å²) in [4.78, 5) is 12.6. The van der Waals surface area contributed by atoms with E-state index in [4.69, 9.17) is 0 Å². The van der Waals surface area contributed by atoms with Gasteiger partial charge in [0.25, 0.3) is 5.91 Å². The number of hydrogen-bond donors (Lipinski definition) is 1. The van der Waals surface area contributed by atoms with Crippen LogP contribution in [0.3, 0.4) is 0 Å². The van der Waals surface area contributed by atoms with Gasteiger partial charge in [-0.2, -0.15) is 0 Å². The molecule has 0 spiro atoms. The van der Waals surface area contributed by atoms with Crippen LogP contribution in [0.1, 0.15) is 15.9 Å². The molecule has 0 bridgehead atoms. The molecule has 21 heavy (non-hydrogen) atoms. The fraction of sp³-hybridized carbons (Fsp3) is 0.118. The summed E-state index contributed by atoms with van der Waals surface area (Å²) in [5.74, 6) is 5.68. The second-order valence-electron chi connectivity index (χ2n) is 4.33. The highest BCUT2D eigenvalue weighted by atomic mass is 32.2. The van der Waals surface area contributed by atoms with Crippen molar-refractivity contribution >= 4 is 16.7 Å². The lowest BCUT2D eigenvalue weighted by molar-refractivity contribution is 0.0958. The summed E-state index contributed by atoms with van der Waals surface area (Å²) in [5, 5.41) is 2.73. The monoisotopic (exact) mass is 297 g/mol. The van der Waals surface area contributed by atoms with Crippen molar-refractivity contribution < 1.29 is 9.00 Å². The molecule has 0 aliphatic heterocycles. The summed E-state index contributed by atoms with van der Waals surface area (Å²) in [7, 11) is -1.03. The molecule has 0 heterocycles. The molecular weight excluding hydrogens is 282 g/mol. The maximum Gasteiger partial charge on any atom is 0.252 e. The second-order valence-corrected chi connectivity index (χ2v) is 5.71. The lowest BCUT2D eigenvalue weighted by atomic mass is 10.2. The predicted octanol–water partition coefficient (Wildman–Crippen LogP) is 2.21. The Morgan fingerprint density at radius 3 is 2.38 bits per heavy atom. The minimum atomic E-state index is -1.03. The van der Waals surface area contributed by atoms with Gasteiger partial charge in [-0.15, -0.1) is 0 Å². The Morgan fingerprint density at radius 2 is 1.76 bits per heavy atom. The molecule has 0 saturated heterocycles. The van der Waals surface area contributed by atoms with Gasteiger partial charge in [-0.1, -0.05) is 30.0 Å². The van der Waals surface area contributed by atoms with E-state index in [-0.39, 0.29) is 12.5 Å². The van der Waals surface area contributed by atoms with Crippen molar-refractivity contribution in [2.45, 2.75) is 4.90 Å². The highest BCUT2D eigenvalue weighted by Crippen LogP contribution is 2.07. The van der Waals surface area contributed by atoms with Gasteiger partial charge >= 0.3 is 0 Å². The number of nitrogens with one attached hydrogen (secondary N) is 1. The summed E-state index contributed by atoms with van der Waals surface area (Å²) in [6.07, 6.45) is 1.61. The Morgan fingerprint density at radius 1 is 1.10 bits per heavy atom. The SMILES string of the molecule is CS(=O)c1ccc(C(=O)NCC#Cc2ccccc2)cc1. The zero-order valence-electron chi connectivity index (χ0n) is 11.6. The first-order valence-electron chi connectivity index (χ1n) is 6.42. The minimum absolute atomic E-state index is 0.189. The molecule has 0 fully saturated rings. The van der Waals surface area contributed by atoms with Crippen molar-refractivity contribution in [3.8, 4) is 11.8 Å². The molecule has 0 aliphatic rings. The third-order valence-corrected chi connectivity index (χ3v) is 3.73. The zero-order chi connectivity index (χ0) is 15.1. The molecule has 2 aromatic carbocycles. The maximum absolute atomic E-state index is 11.9. The number of benzene rings is 2. The predicted molar refractivity (Wildman–Crippen MR) is 84.4 cm³/mol. The smallest absolute Gasteiger partial charge is 0.252 e. The number of hydrogen-bond acceptors (Lipinski definition) is 2. The van der Waals surface area contributed by atoms with E-state index in [0.29, 0.717) is 10.5 Å². The van der Waals surface area contributed by atoms with Crippen LogP contribution in [0.4, 0.5) is 0 Å². The largest absolute Gasteiger partial charge is 0.341 e. The maximum atomic E-state index is 11.9. The van der Waals surface area contributed by atoms with Crippen molar-refractivity contribution in [1.29, 1.82) is 0 Å². The summed E-state index contributed by atoms with van der Waals surface area (Å²) in [6, 6.07) is 16.3. The van der Waals surface area contributed by atoms with Gasteiger partial charge in [0.2, 0.25) is 0 Å². The van der Waals surface area contributed by atoms with Crippen molar-refractivity contribution in [3.63, 3.8) is 0 Å². The van der Waals surface area contributed by atoms with Crippen LogP contribution in [0.2, 0.25) is 0 Å². The van der Waals surface area contributed by atoms with Crippen molar-refractivity contribution in [3.05, 3.63) is 65.7 Å². The summed E-state index contributed by atoms with van der Waals surface area (Å²) in [6.45, 7) is 0.287. The first-order chi connectivity index (χ1) is 10.2. The van der Waals surface area contributed by atoms with Crippen LogP contribution in [0.15, 0.2) is 59.5 Å². The number of carbonyl (C=O) groups is 1. The topological polar surface area (TPSA) is 46.2 Å². The number of rotatable bonds is 3. The molecule has 1 amide bonds. The van der Waals surface area contributed by atoms with Gasteiger partial charge in [0, 0.05) is 33.1 Å². The van der Waals surface area contributed by atoms with Crippen LogP contribution in [-0.4, -0.2) is 22.9 Å². The highest BCUT2D eigenvalue weighted by molar-refractivity contribution is 7.84. The molecule has 2 aromatic rings. The van der Waals surface area contributed by atoms with Crippen LogP contribution in [0.5, 0.6) is 0 Å². The van der Waals surface area contributed by atoms with E-state index in [1.807, 2.05) is 30.3 Å². The van der Waals surface area contributed by atoms with E-state index in [9.17, 15) is 9.00 Å². The average Bonchev–Trinajstić information content (AvgIpc) is 2.52. The van der Waals surface area contributed by atoms with E-state index in [2.05, 4.69) is 17.2 Å². The lowest BCUT2D eigenvalue weighted by Crippen LogP contribution is -2.23. The Bertz CT molecular complexity index is 697. The molecule has 0 radical (unpaired) electrons. The molecule has 1 unspecified atom stereocenters. The molecule has 4 heteroatoms. The van der Waals surface area contributed by atoms with Crippen LogP contribution in [0, 0.1) is 11.8 Å². The van der Waals surface area contributed by atoms with Gasteiger partial charge in [-0.25, -0.2) is 0 Å². The lowest BCUT2D eigenvalue weighted by Gasteiger charge is -2.02. The molecule has 1 N–H and O–H groups in total. The Kier molecular flexibility index (Phi) is 5.30. The van der Waals surface area contributed by atoms with E-state index >= 15 is 0 Å². The Labute approximate surface area is 126 Å². The number of amides is 1. The molecule has 0 aliphatic carbocycles. The normalized spacial score (nSPS) is 11.1. The van der Waals surface area contributed by atoms with E-state index in [1.54, 1.807) is 30.5 Å². The van der Waals surface area contributed by atoms with E-state index in [0.717, 1.165) is 5.56 Å². The summed E-state index contributed by atoms with van der Waals surface area (Å²) >= 11 is 0. The van der Waals surface area contributed by atoms with Crippen LogP contribution < -0.4 is 5.32 Å². The summed E-state index contributed by atoms with van der Waals surface area (Å²) in [5.41, 5.74) is 1.45. The average molecular weight is 297 g/mol. The quantitative estimate of drug-likeness (QED) is 0.883. The van der Waals surface area contributed by atoms with Crippen molar-refractivity contribution in [2.24, 2.45) is 0 Å². The van der Waals surface area contributed by atoms with Gasteiger partial charge < -0.3 is 5.32 Å². The van der Waals surface area contributed by atoms with Gasteiger partial charge in [-0.05, 0) is 36.4 Å². The van der Waals surface area contributed by atoms with E-state index in [1.165, 1.54) is 0 Å². The molecule has 1 atom stereocenters. The molecular formula is C17H15NO2S. The van der Waals surface area contributed by atoms with Crippen LogP contribution in [-0.2, 0) is 10.8 Å². The third-order valence-electron chi connectivity index (χ3n) is 2.79. The summed E-state index contributed by atoms with van der Waals surface area (Å²) < 4.78 is 11.3. The Hall–Kier alpha value is -2.38. The Balaban J connectivity index is 1.90. The van der Waals surface area contributed by atoms with Gasteiger partial charge in [-0.3, -0.25) is 9.00 Å². The first-order valence-corrected chi connectivity index (χ1v) is 7.98. The molecule has 3 nitrogen and oxygen atoms in total. The van der Waals surface area contributed by atoms with Gasteiger partial charge in [0.05, 0.1) is 6.54 Å². The first kappa shape index (κ1) is 15.0. The van der Waals surface area contributed by atoms with E-state index < -0.39 is 10.8 Å². The van der Waals surface area contributed by atoms with Crippen LogP contribution >= 0.6 is 0 Å². The highest BCUT2D eigenvalue weighted by Gasteiger charge is 2.04. The standard InChI is InChI=1S/C17H15NO2S/c1-21(20)16-11-9-15(10-12-16)17(19)18-13-5-8-14-6-3-2-4-7-14/h2-4,6-7,9-12H,13H2,1H3,(H,18,19). The van der Waals surface area contributed by atoms with Crippen molar-refractivity contribution in [1.82, 2.24) is 5.32 Å². The molecule has 106 valence electrons. The molecule has 0 aromatic heterocycles. The van der Waals surface area contributed by atoms with Crippen LogP contribution in [0.25, 0.3) is 0 Å². The van der Waals surface area contributed by atoms with Crippen molar-refractivity contribution in [2.75, 3.05) is 12.8 Å². The molecule has 2 rings (SSSR count). The zero-order valence-corrected chi connectivity index (χ0v) is 12.4. The van der Waals surface area contributed by atoms with Gasteiger partial charge in [0.1, 0.15) is 0 Å². The fourth-order valence-corrected chi connectivity index (χ4v) is 2.21. The minimum Gasteiger partial charge on any atom is -0.341 e.